The molecule has 0 unspecified atom stereocenters. The van der Waals surface area contributed by atoms with E-state index in [2.05, 4.69) is 17.2 Å². The Morgan fingerprint density at radius 3 is 2.56 bits per heavy atom. The lowest BCUT2D eigenvalue weighted by atomic mass is 9.95. The maximum absolute atomic E-state index is 13.9. The van der Waals surface area contributed by atoms with Gasteiger partial charge in [-0.25, -0.2) is 4.79 Å². The molecule has 0 aromatic heterocycles. The van der Waals surface area contributed by atoms with Crippen LogP contribution >= 0.6 is 0 Å². The number of nitrogens with one attached hydrogen (secondary N) is 2. The molecule has 4 amide bonds. The van der Waals surface area contributed by atoms with E-state index in [-0.39, 0.29) is 30.3 Å². The number of nitrogens with zero attached hydrogens (tertiary/aromatic N) is 2. The van der Waals surface area contributed by atoms with Gasteiger partial charge in [0.1, 0.15) is 17.5 Å². The molecule has 2 atom stereocenters. The van der Waals surface area contributed by atoms with Gasteiger partial charge in [-0.15, -0.1) is 6.58 Å². The molecule has 2 aromatic carbocycles. The fourth-order valence-electron chi connectivity index (χ4n) is 4.79. The fourth-order valence-corrected chi connectivity index (χ4v) is 4.79. The van der Waals surface area contributed by atoms with Gasteiger partial charge in [0, 0.05) is 13.1 Å². The van der Waals surface area contributed by atoms with Crippen LogP contribution in [0.1, 0.15) is 32.4 Å². The molecule has 0 aliphatic carbocycles. The zero-order valence-corrected chi connectivity index (χ0v) is 20.9. The molecule has 2 heterocycles. The van der Waals surface area contributed by atoms with Crippen LogP contribution < -0.4 is 15.4 Å². The van der Waals surface area contributed by atoms with E-state index < -0.39 is 12.1 Å². The van der Waals surface area contributed by atoms with Crippen LogP contribution in [0.4, 0.5) is 4.79 Å². The zero-order chi connectivity index (χ0) is 25.8. The first-order valence-electron chi connectivity index (χ1n) is 12.2. The molecule has 0 saturated carbocycles. The minimum Gasteiger partial charge on any atom is -0.457 e. The number of hydrogen-bond donors (Lipinski definition) is 2. The van der Waals surface area contributed by atoms with Gasteiger partial charge in [-0.3, -0.25) is 14.5 Å². The smallest absolute Gasteiger partial charge is 0.322 e. The molecular weight excluding hydrogens is 456 g/mol. The minimum atomic E-state index is -0.676. The van der Waals surface area contributed by atoms with Crippen LogP contribution in [0.25, 0.3) is 0 Å². The minimum absolute atomic E-state index is 0.125. The highest BCUT2D eigenvalue weighted by molar-refractivity contribution is 6.03. The van der Waals surface area contributed by atoms with Gasteiger partial charge in [0.05, 0.1) is 23.9 Å². The highest BCUT2D eigenvalue weighted by Crippen LogP contribution is 2.38. The number of ether oxygens (including phenoxy) is 1. The lowest BCUT2D eigenvalue weighted by Gasteiger charge is -2.33. The van der Waals surface area contributed by atoms with Crippen molar-refractivity contribution in [1.29, 1.82) is 0 Å². The van der Waals surface area contributed by atoms with Crippen molar-refractivity contribution in [3.8, 4) is 11.5 Å². The third kappa shape index (κ3) is 4.84. The summed E-state index contributed by atoms with van der Waals surface area (Å²) in [5.74, 6) is 0.664. The molecule has 8 nitrogen and oxygen atoms in total. The number of para-hydroxylation sites is 1. The van der Waals surface area contributed by atoms with Crippen molar-refractivity contribution in [2.45, 2.75) is 32.9 Å². The van der Waals surface area contributed by atoms with Crippen molar-refractivity contribution in [2.24, 2.45) is 5.92 Å². The molecule has 0 fully saturated rings. The molecule has 0 saturated heterocycles. The van der Waals surface area contributed by atoms with E-state index in [1.165, 1.54) is 0 Å². The van der Waals surface area contributed by atoms with E-state index in [9.17, 15) is 14.4 Å². The topological polar surface area (TPSA) is 91.0 Å². The Balaban J connectivity index is 1.69. The Labute approximate surface area is 211 Å². The van der Waals surface area contributed by atoms with Crippen molar-refractivity contribution < 1.29 is 19.1 Å². The predicted octanol–water partition coefficient (Wildman–Crippen LogP) is 3.99. The largest absolute Gasteiger partial charge is 0.457 e. The van der Waals surface area contributed by atoms with Crippen molar-refractivity contribution >= 4 is 17.8 Å². The lowest BCUT2D eigenvalue weighted by molar-refractivity contribution is -0.138. The summed E-state index contributed by atoms with van der Waals surface area (Å²) < 4.78 is 5.98. The summed E-state index contributed by atoms with van der Waals surface area (Å²) in [6.45, 7) is 10.2. The summed E-state index contributed by atoms with van der Waals surface area (Å²) >= 11 is 0. The Bertz CT molecular complexity index is 1190. The second kappa shape index (κ2) is 10.7. The number of amides is 4. The summed E-state index contributed by atoms with van der Waals surface area (Å²) in [6, 6.07) is 15.2. The highest BCUT2D eigenvalue weighted by atomic mass is 16.5. The van der Waals surface area contributed by atoms with E-state index in [1.54, 1.807) is 15.9 Å². The van der Waals surface area contributed by atoms with Gasteiger partial charge in [-0.05, 0) is 42.7 Å². The Kier molecular flexibility index (Phi) is 7.43. The van der Waals surface area contributed by atoms with Gasteiger partial charge in [-0.2, -0.15) is 0 Å². The molecule has 36 heavy (non-hydrogen) atoms. The number of urea groups is 1. The second-order valence-corrected chi connectivity index (χ2v) is 9.13. The van der Waals surface area contributed by atoms with Crippen LogP contribution in [-0.4, -0.2) is 53.3 Å². The van der Waals surface area contributed by atoms with E-state index in [1.807, 2.05) is 75.4 Å². The third-order valence-corrected chi connectivity index (χ3v) is 6.39. The average molecular weight is 489 g/mol. The molecule has 4 rings (SSSR count). The van der Waals surface area contributed by atoms with Crippen molar-refractivity contribution in [3.05, 3.63) is 84.1 Å². The molecule has 2 aliphatic rings. The maximum atomic E-state index is 13.9. The molecule has 188 valence electrons. The van der Waals surface area contributed by atoms with Crippen LogP contribution in [-0.2, 0) is 9.59 Å². The first kappa shape index (κ1) is 25.0. The predicted molar refractivity (Wildman–Crippen MR) is 137 cm³/mol. The first-order valence-corrected chi connectivity index (χ1v) is 12.2. The standard InChI is InChI=1S/C28H32N4O4/c1-5-15-29-26(33)25(18(3)4)32-17-22-23(27(32)34)24(30-28(35)31(22)6-2)19-11-10-14-21(16-19)36-20-12-8-7-9-13-20/h5,7-14,16,18,24-25H,1,6,15,17H2,2-4H3,(H,29,33)(H,30,35)/t24-,25+/m0/s1. The first-order chi connectivity index (χ1) is 17.3. The van der Waals surface area contributed by atoms with Gasteiger partial charge in [-0.1, -0.05) is 50.3 Å². The SMILES string of the molecule is C=CCNC(=O)[C@@H](C(C)C)N1CC2=C(C1=O)[C@H](c1cccc(Oc3ccccc3)c1)NC(=O)N2CC. The summed E-state index contributed by atoms with van der Waals surface area (Å²) in [5, 5.41) is 5.81. The monoisotopic (exact) mass is 488 g/mol. The Hall–Kier alpha value is -4.07. The van der Waals surface area contributed by atoms with Crippen LogP contribution in [0.5, 0.6) is 11.5 Å². The van der Waals surface area contributed by atoms with Crippen molar-refractivity contribution in [2.75, 3.05) is 19.6 Å². The molecule has 2 aromatic rings. The highest BCUT2D eigenvalue weighted by Gasteiger charge is 2.47. The Morgan fingerprint density at radius 1 is 1.17 bits per heavy atom. The quantitative estimate of drug-likeness (QED) is 0.522. The van der Waals surface area contributed by atoms with E-state index in [0.29, 0.717) is 35.9 Å². The third-order valence-electron chi connectivity index (χ3n) is 6.39. The fraction of sp³-hybridized carbons (Fsp3) is 0.321. The van der Waals surface area contributed by atoms with Crippen LogP contribution in [0.3, 0.4) is 0 Å². The number of hydrogen-bond acceptors (Lipinski definition) is 4. The summed E-state index contributed by atoms with van der Waals surface area (Å²) in [6.07, 6.45) is 1.60. The van der Waals surface area contributed by atoms with Crippen LogP contribution in [0, 0.1) is 5.92 Å². The van der Waals surface area contributed by atoms with Crippen LogP contribution in [0.2, 0.25) is 0 Å². The summed E-state index contributed by atoms with van der Waals surface area (Å²) in [5.41, 5.74) is 1.84. The molecule has 2 aliphatic heterocycles. The lowest BCUT2D eigenvalue weighted by Crippen LogP contribution is -2.51. The average Bonchev–Trinajstić information content (AvgIpc) is 3.19. The summed E-state index contributed by atoms with van der Waals surface area (Å²) in [4.78, 5) is 43.0. The number of rotatable bonds is 9. The van der Waals surface area contributed by atoms with Gasteiger partial charge >= 0.3 is 6.03 Å². The summed E-state index contributed by atoms with van der Waals surface area (Å²) in [7, 11) is 0. The number of carbonyl (C=O) groups is 3. The van der Waals surface area contributed by atoms with Gasteiger partial charge in [0.2, 0.25) is 5.91 Å². The zero-order valence-electron chi connectivity index (χ0n) is 20.9. The molecule has 2 N–H and O–H groups in total. The van der Waals surface area contributed by atoms with Crippen LogP contribution in [0.15, 0.2) is 78.5 Å². The Morgan fingerprint density at radius 2 is 1.89 bits per heavy atom. The van der Waals surface area contributed by atoms with Gasteiger partial charge < -0.3 is 20.3 Å². The van der Waals surface area contributed by atoms with E-state index in [4.69, 9.17) is 4.74 Å². The van der Waals surface area contributed by atoms with Crippen molar-refractivity contribution in [3.63, 3.8) is 0 Å². The second-order valence-electron chi connectivity index (χ2n) is 9.13. The number of benzene rings is 2. The normalized spacial score (nSPS) is 18.2. The van der Waals surface area contributed by atoms with E-state index >= 15 is 0 Å². The molecule has 0 spiro atoms. The number of carbonyl (C=O) groups excluding carboxylic acids is 3. The molecule has 8 heteroatoms. The molecule has 0 radical (unpaired) electrons. The maximum Gasteiger partial charge on any atom is 0.322 e. The molecular formula is C28H32N4O4. The molecule has 0 bridgehead atoms. The van der Waals surface area contributed by atoms with Crippen molar-refractivity contribution in [1.82, 2.24) is 20.4 Å². The number of likely N-dealkylation sites (N-methyl/N-ethyl adjacent to an activating group) is 1. The van der Waals surface area contributed by atoms with E-state index in [0.717, 1.165) is 5.56 Å². The van der Waals surface area contributed by atoms with Gasteiger partial charge in [0.15, 0.2) is 0 Å². The van der Waals surface area contributed by atoms with Gasteiger partial charge in [0.25, 0.3) is 5.91 Å².